The minimum Gasteiger partial charge on any atom is -0.494 e. The summed E-state index contributed by atoms with van der Waals surface area (Å²) in [5.41, 5.74) is 0. The molecule has 0 bridgehead atoms. The summed E-state index contributed by atoms with van der Waals surface area (Å²) in [5.74, 6) is 0.388. The first kappa shape index (κ1) is 14.4. The van der Waals surface area contributed by atoms with Crippen LogP contribution in [0.25, 0.3) is 0 Å². The lowest BCUT2D eigenvalue weighted by atomic mass is 10.3. The second-order valence-corrected chi connectivity index (χ2v) is 6.47. The SMILES string of the molecule is CCN[C@H](C)CNS(=O)(=O)c1sccc1OC. The van der Waals surface area contributed by atoms with Crippen LogP contribution in [0.1, 0.15) is 13.8 Å². The van der Waals surface area contributed by atoms with Gasteiger partial charge in [-0.2, -0.15) is 0 Å². The van der Waals surface area contributed by atoms with E-state index in [1.54, 1.807) is 11.4 Å². The van der Waals surface area contributed by atoms with Gasteiger partial charge < -0.3 is 10.1 Å². The third kappa shape index (κ3) is 3.95. The Labute approximate surface area is 106 Å². The van der Waals surface area contributed by atoms with Gasteiger partial charge >= 0.3 is 0 Å². The lowest BCUT2D eigenvalue weighted by Gasteiger charge is -2.13. The van der Waals surface area contributed by atoms with Crippen LogP contribution >= 0.6 is 11.3 Å². The molecular weight excluding hydrogens is 260 g/mol. The zero-order valence-corrected chi connectivity index (χ0v) is 11.8. The van der Waals surface area contributed by atoms with Crippen molar-refractivity contribution in [2.24, 2.45) is 0 Å². The van der Waals surface area contributed by atoms with Gasteiger partial charge in [0, 0.05) is 12.6 Å². The van der Waals surface area contributed by atoms with E-state index in [4.69, 9.17) is 4.74 Å². The normalized spacial score (nSPS) is 13.6. The average molecular weight is 278 g/mol. The molecule has 7 heteroatoms. The molecule has 1 atom stereocenters. The number of sulfonamides is 1. The van der Waals surface area contributed by atoms with Gasteiger partial charge in [0.05, 0.1) is 7.11 Å². The van der Waals surface area contributed by atoms with Crippen LogP contribution in [0.4, 0.5) is 0 Å². The molecule has 1 aromatic rings. The van der Waals surface area contributed by atoms with Crippen molar-refractivity contribution in [3.8, 4) is 5.75 Å². The van der Waals surface area contributed by atoms with Gasteiger partial charge in [-0.3, -0.25) is 0 Å². The number of thiophene rings is 1. The van der Waals surface area contributed by atoms with Gasteiger partial charge in [0.15, 0.2) is 4.21 Å². The van der Waals surface area contributed by atoms with Crippen molar-refractivity contribution in [1.29, 1.82) is 0 Å². The third-order valence-electron chi connectivity index (χ3n) is 2.19. The van der Waals surface area contributed by atoms with E-state index in [2.05, 4.69) is 10.0 Å². The van der Waals surface area contributed by atoms with E-state index in [0.29, 0.717) is 12.3 Å². The van der Waals surface area contributed by atoms with Gasteiger partial charge in [0.1, 0.15) is 5.75 Å². The molecule has 1 aromatic heterocycles. The van der Waals surface area contributed by atoms with Crippen molar-refractivity contribution in [3.05, 3.63) is 11.4 Å². The van der Waals surface area contributed by atoms with Gasteiger partial charge in [-0.1, -0.05) is 6.92 Å². The van der Waals surface area contributed by atoms with Crippen molar-refractivity contribution in [3.63, 3.8) is 0 Å². The first-order chi connectivity index (χ1) is 8.01. The van der Waals surface area contributed by atoms with Crippen molar-refractivity contribution in [2.45, 2.75) is 24.1 Å². The fraction of sp³-hybridized carbons (Fsp3) is 0.600. The molecule has 0 aliphatic rings. The molecule has 2 N–H and O–H groups in total. The van der Waals surface area contributed by atoms with Crippen molar-refractivity contribution >= 4 is 21.4 Å². The molecule has 0 fully saturated rings. The summed E-state index contributed by atoms with van der Waals surface area (Å²) in [4.78, 5) is 0. The maximum Gasteiger partial charge on any atom is 0.253 e. The quantitative estimate of drug-likeness (QED) is 0.782. The van der Waals surface area contributed by atoms with Gasteiger partial charge in [0.2, 0.25) is 0 Å². The van der Waals surface area contributed by atoms with Gasteiger partial charge in [-0.25, -0.2) is 13.1 Å². The molecule has 0 saturated heterocycles. The van der Waals surface area contributed by atoms with Crippen LogP contribution in [-0.4, -0.2) is 34.7 Å². The zero-order valence-electron chi connectivity index (χ0n) is 10.2. The number of hydrogen-bond donors (Lipinski definition) is 2. The molecule has 0 aliphatic heterocycles. The number of methoxy groups -OCH3 is 1. The number of hydrogen-bond acceptors (Lipinski definition) is 5. The van der Waals surface area contributed by atoms with Crippen LogP contribution < -0.4 is 14.8 Å². The van der Waals surface area contributed by atoms with Crippen LogP contribution in [-0.2, 0) is 10.0 Å². The number of nitrogens with one attached hydrogen (secondary N) is 2. The Bertz CT molecular complexity index is 442. The molecule has 5 nitrogen and oxygen atoms in total. The molecule has 1 rings (SSSR count). The highest BCUT2D eigenvalue weighted by molar-refractivity contribution is 7.91. The molecule has 98 valence electrons. The molecule has 0 aliphatic carbocycles. The van der Waals surface area contributed by atoms with Crippen LogP contribution in [0.3, 0.4) is 0 Å². The Hall–Kier alpha value is -0.630. The lowest BCUT2D eigenvalue weighted by molar-refractivity contribution is 0.406. The number of rotatable bonds is 7. The number of ether oxygens (including phenoxy) is 1. The van der Waals surface area contributed by atoms with Crippen molar-refractivity contribution in [2.75, 3.05) is 20.2 Å². The van der Waals surface area contributed by atoms with Gasteiger partial charge in [-0.15, -0.1) is 11.3 Å². The summed E-state index contributed by atoms with van der Waals surface area (Å²) in [5, 5.41) is 4.83. The first-order valence-electron chi connectivity index (χ1n) is 5.35. The van der Waals surface area contributed by atoms with Crippen LogP contribution in [0.2, 0.25) is 0 Å². The topological polar surface area (TPSA) is 67.4 Å². The highest BCUT2D eigenvalue weighted by Crippen LogP contribution is 2.28. The standard InChI is InChI=1S/C10H18N2O3S2/c1-4-11-8(2)7-12-17(13,14)10-9(15-3)5-6-16-10/h5-6,8,11-12H,4,7H2,1-3H3/t8-/m1/s1. The highest BCUT2D eigenvalue weighted by Gasteiger charge is 2.21. The van der Waals surface area contributed by atoms with E-state index in [-0.39, 0.29) is 10.3 Å². The largest absolute Gasteiger partial charge is 0.494 e. The fourth-order valence-corrected chi connectivity index (χ4v) is 3.80. The fourth-order valence-electron chi connectivity index (χ4n) is 1.35. The predicted molar refractivity (Wildman–Crippen MR) is 69.2 cm³/mol. The summed E-state index contributed by atoms with van der Waals surface area (Å²) in [6, 6.07) is 1.74. The van der Waals surface area contributed by atoms with E-state index in [9.17, 15) is 8.42 Å². The smallest absolute Gasteiger partial charge is 0.253 e. The van der Waals surface area contributed by atoms with E-state index >= 15 is 0 Å². The second kappa shape index (κ2) is 6.34. The maximum absolute atomic E-state index is 12.0. The van der Waals surface area contributed by atoms with E-state index in [0.717, 1.165) is 17.9 Å². The zero-order chi connectivity index (χ0) is 12.9. The van der Waals surface area contributed by atoms with Crippen molar-refractivity contribution in [1.82, 2.24) is 10.0 Å². The molecule has 0 spiro atoms. The Balaban J connectivity index is 2.69. The average Bonchev–Trinajstić information content (AvgIpc) is 2.76. The van der Waals surface area contributed by atoms with Crippen LogP contribution in [0.15, 0.2) is 15.7 Å². The molecule has 0 saturated carbocycles. The summed E-state index contributed by atoms with van der Waals surface area (Å²) < 4.78 is 31.7. The second-order valence-electron chi connectivity index (χ2n) is 3.59. The monoisotopic (exact) mass is 278 g/mol. The predicted octanol–water partition coefficient (Wildman–Crippen LogP) is 1.03. The molecule has 0 unspecified atom stereocenters. The van der Waals surface area contributed by atoms with Gasteiger partial charge in [-0.05, 0) is 24.9 Å². The minimum absolute atomic E-state index is 0.0979. The Morgan fingerprint density at radius 3 is 2.82 bits per heavy atom. The lowest BCUT2D eigenvalue weighted by Crippen LogP contribution is -2.38. The third-order valence-corrected chi connectivity index (χ3v) is 5.06. The Kier molecular flexibility index (Phi) is 5.38. The van der Waals surface area contributed by atoms with Gasteiger partial charge in [0.25, 0.3) is 10.0 Å². The molecule has 0 amide bonds. The summed E-state index contributed by atoms with van der Waals surface area (Å²) in [7, 11) is -2.01. The molecule has 17 heavy (non-hydrogen) atoms. The summed E-state index contributed by atoms with van der Waals surface area (Å²) in [6.07, 6.45) is 0. The highest BCUT2D eigenvalue weighted by atomic mass is 32.2. The Morgan fingerprint density at radius 2 is 2.24 bits per heavy atom. The Morgan fingerprint density at radius 1 is 1.53 bits per heavy atom. The number of likely N-dealkylation sites (N-methyl/N-ethyl adjacent to an activating group) is 1. The minimum atomic E-state index is -3.47. The molecule has 0 aromatic carbocycles. The maximum atomic E-state index is 12.0. The van der Waals surface area contributed by atoms with Crippen molar-refractivity contribution < 1.29 is 13.2 Å². The van der Waals surface area contributed by atoms with E-state index in [1.807, 2.05) is 13.8 Å². The van der Waals surface area contributed by atoms with Crippen LogP contribution in [0.5, 0.6) is 5.75 Å². The first-order valence-corrected chi connectivity index (χ1v) is 7.72. The molecule has 0 radical (unpaired) electrons. The van der Waals surface area contributed by atoms with E-state index < -0.39 is 10.0 Å². The summed E-state index contributed by atoms with van der Waals surface area (Å²) >= 11 is 1.15. The molecule has 1 heterocycles. The van der Waals surface area contributed by atoms with E-state index in [1.165, 1.54) is 7.11 Å². The molecular formula is C10H18N2O3S2. The van der Waals surface area contributed by atoms with Crippen LogP contribution in [0, 0.1) is 0 Å². The summed E-state index contributed by atoms with van der Waals surface area (Å²) in [6.45, 7) is 5.08.